The van der Waals surface area contributed by atoms with E-state index in [1.165, 1.54) is 0 Å². The van der Waals surface area contributed by atoms with Crippen LogP contribution in [0.15, 0.2) is 30.3 Å². The molecule has 1 N–H and O–H groups in total. The minimum atomic E-state index is -0.580. The summed E-state index contributed by atoms with van der Waals surface area (Å²) in [6.45, 7) is 1.67. The van der Waals surface area contributed by atoms with E-state index in [1.807, 2.05) is 26.2 Å². The van der Waals surface area contributed by atoms with Gasteiger partial charge in [0.1, 0.15) is 0 Å². The maximum absolute atomic E-state index is 11.8. The van der Waals surface area contributed by atoms with E-state index >= 15 is 0 Å². The van der Waals surface area contributed by atoms with Crippen molar-refractivity contribution in [3.05, 3.63) is 41.5 Å². The lowest BCUT2D eigenvalue weighted by Crippen LogP contribution is -2.22. The van der Waals surface area contributed by atoms with Crippen LogP contribution in [0.4, 0.5) is 5.69 Å². The highest BCUT2D eigenvalue weighted by Crippen LogP contribution is 2.33. The van der Waals surface area contributed by atoms with E-state index in [0.717, 1.165) is 24.2 Å². The molecule has 0 atom stereocenters. The first-order valence-electron chi connectivity index (χ1n) is 6.79. The number of benzene rings is 2. The first kappa shape index (κ1) is 13.6. The molecule has 5 heteroatoms. The van der Waals surface area contributed by atoms with Crippen LogP contribution in [-0.4, -0.2) is 44.0 Å². The molecule has 0 unspecified atom stereocenters. The van der Waals surface area contributed by atoms with Crippen molar-refractivity contribution in [1.82, 2.24) is 4.90 Å². The van der Waals surface area contributed by atoms with Crippen molar-refractivity contribution in [3.63, 3.8) is 0 Å². The molecule has 3 rings (SSSR count). The van der Waals surface area contributed by atoms with E-state index in [0.29, 0.717) is 16.5 Å². The summed E-state index contributed by atoms with van der Waals surface area (Å²) < 4.78 is 4.75. The summed E-state index contributed by atoms with van der Waals surface area (Å²) in [7, 11) is 4.02. The van der Waals surface area contributed by atoms with Gasteiger partial charge in [-0.15, -0.1) is 0 Å². The molecule has 108 valence electrons. The first-order chi connectivity index (χ1) is 10.1. The molecule has 21 heavy (non-hydrogen) atoms. The van der Waals surface area contributed by atoms with E-state index < -0.39 is 11.9 Å². The number of hydrogen-bond acceptors (Lipinski definition) is 5. The largest absolute Gasteiger partial charge is 0.386 e. The highest BCUT2D eigenvalue weighted by Gasteiger charge is 2.27. The van der Waals surface area contributed by atoms with Crippen molar-refractivity contribution in [2.75, 3.05) is 32.5 Å². The van der Waals surface area contributed by atoms with Crippen LogP contribution in [0, 0.1) is 0 Å². The van der Waals surface area contributed by atoms with Crippen molar-refractivity contribution >= 4 is 28.4 Å². The highest BCUT2D eigenvalue weighted by atomic mass is 16.6. The van der Waals surface area contributed by atoms with E-state index in [2.05, 4.69) is 10.2 Å². The second-order valence-corrected chi connectivity index (χ2v) is 5.30. The third-order valence-corrected chi connectivity index (χ3v) is 3.54. The molecule has 0 saturated heterocycles. The number of nitrogens with one attached hydrogen (secondary N) is 1. The Kier molecular flexibility index (Phi) is 3.35. The van der Waals surface area contributed by atoms with Crippen LogP contribution in [0.1, 0.15) is 20.7 Å². The number of hydrogen-bond donors (Lipinski definition) is 1. The smallest absolute Gasteiger partial charge is 0.346 e. The Morgan fingerprint density at radius 1 is 1.05 bits per heavy atom. The van der Waals surface area contributed by atoms with Crippen LogP contribution in [0.25, 0.3) is 10.8 Å². The van der Waals surface area contributed by atoms with Gasteiger partial charge in [0.25, 0.3) is 0 Å². The van der Waals surface area contributed by atoms with Crippen LogP contribution in [-0.2, 0) is 4.74 Å². The van der Waals surface area contributed by atoms with Gasteiger partial charge in [0.15, 0.2) is 0 Å². The second kappa shape index (κ2) is 5.18. The highest BCUT2D eigenvalue weighted by molar-refractivity contribution is 6.22. The van der Waals surface area contributed by atoms with Gasteiger partial charge in [-0.2, -0.15) is 0 Å². The molecule has 0 aromatic heterocycles. The Morgan fingerprint density at radius 3 is 2.48 bits per heavy atom. The van der Waals surface area contributed by atoms with Crippen molar-refractivity contribution in [3.8, 4) is 0 Å². The number of carbonyl (C=O) groups is 2. The predicted octanol–water partition coefficient (Wildman–Crippen LogP) is 2.12. The molecule has 0 aliphatic carbocycles. The van der Waals surface area contributed by atoms with Crippen molar-refractivity contribution in [2.45, 2.75) is 0 Å². The molecular formula is C16H16N2O3. The van der Waals surface area contributed by atoms with E-state index in [1.54, 1.807) is 18.2 Å². The molecule has 1 heterocycles. The third kappa shape index (κ3) is 2.36. The minimum absolute atomic E-state index is 0.443. The number of ether oxygens (including phenoxy) is 1. The van der Waals surface area contributed by atoms with Gasteiger partial charge in [-0.25, -0.2) is 9.59 Å². The summed E-state index contributed by atoms with van der Waals surface area (Å²) >= 11 is 0. The zero-order valence-electron chi connectivity index (χ0n) is 12.0. The molecule has 2 aromatic rings. The van der Waals surface area contributed by atoms with Gasteiger partial charge in [0, 0.05) is 29.5 Å². The van der Waals surface area contributed by atoms with Crippen LogP contribution in [0.5, 0.6) is 0 Å². The van der Waals surface area contributed by atoms with Crippen molar-refractivity contribution in [1.29, 1.82) is 0 Å². The monoisotopic (exact) mass is 284 g/mol. The lowest BCUT2D eigenvalue weighted by atomic mass is 9.96. The molecular weight excluding hydrogens is 268 g/mol. The topological polar surface area (TPSA) is 58.6 Å². The van der Waals surface area contributed by atoms with Gasteiger partial charge >= 0.3 is 11.9 Å². The van der Waals surface area contributed by atoms with Gasteiger partial charge < -0.3 is 15.0 Å². The Balaban J connectivity index is 2.08. The summed E-state index contributed by atoms with van der Waals surface area (Å²) in [4.78, 5) is 25.7. The molecule has 0 fully saturated rings. The van der Waals surface area contributed by atoms with Crippen molar-refractivity contribution < 1.29 is 14.3 Å². The fourth-order valence-corrected chi connectivity index (χ4v) is 2.51. The Labute approximate surface area is 122 Å². The van der Waals surface area contributed by atoms with E-state index in [-0.39, 0.29) is 0 Å². The summed E-state index contributed by atoms with van der Waals surface area (Å²) in [5, 5.41) is 4.89. The summed E-state index contributed by atoms with van der Waals surface area (Å²) in [6.07, 6.45) is 0. The number of esters is 2. The maximum Gasteiger partial charge on any atom is 0.346 e. The Morgan fingerprint density at radius 2 is 1.76 bits per heavy atom. The minimum Gasteiger partial charge on any atom is -0.386 e. The van der Waals surface area contributed by atoms with Crippen LogP contribution < -0.4 is 5.32 Å². The second-order valence-electron chi connectivity index (χ2n) is 5.30. The standard InChI is InChI=1S/C16H16N2O3/c1-18(2)9-8-17-13-7-6-12-14-10(13)4-3-5-11(14)15(19)21-16(12)20/h3-7,17H,8-9H2,1-2H3. The number of cyclic esters (lactones) is 2. The number of rotatable bonds is 4. The molecule has 1 aliphatic rings. The maximum atomic E-state index is 11.8. The van der Waals surface area contributed by atoms with E-state index in [9.17, 15) is 9.59 Å². The average molecular weight is 284 g/mol. The van der Waals surface area contributed by atoms with E-state index in [4.69, 9.17) is 4.74 Å². The number of anilines is 1. The molecule has 5 nitrogen and oxygen atoms in total. The van der Waals surface area contributed by atoms with Gasteiger partial charge in [0.05, 0.1) is 11.1 Å². The SMILES string of the molecule is CN(C)CCNc1ccc2c3c(cccc13)C(=O)OC2=O. The first-order valence-corrected chi connectivity index (χ1v) is 6.79. The van der Waals surface area contributed by atoms with Crippen LogP contribution >= 0.6 is 0 Å². The van der Waals surface area contributed by atoms with Crippen LogP contribution in [0.2, 0.25) is 0 Å². The number of nitrogens with zero attached hydrogens (tertiary/aromatic N) is 1. The summed E-state index contributed by atoms with van der Waals surface area (Å²) in [5.74, 6) is -1.16. The number of carbonyl (C=O) groups excluding carboxylic acids is 2. The molecule has 2 aromatic carbocycles. The summed E-state index contributed by atoms with van der Waals surface area (Å²) in [5.41, 5.74) is 1.80. The van der Waals surface area contributed by atoms with Gasteiger partial charge in [0.2, 0.25) is 0 Å². The van der Waals surface area contributed by atoms with Crippen LogP contribution in [0.3, 0.4) is 0 Å². The normalized spacial score (nSPS) is 13.7. The zero-order valence-corrected chi connectivity index (χ0v) is 12.0. The molecule has 0 spiro atoms. The number of likely N-dealkylation sites (N-methyl/N-ethyl adjacent to an activating group) is 1. The molecule has 0 saturated carbocycles. The fourth-order valence-electron chi connectivity index (χ4n) is 2.51. The predicted molar refractivity (Wildman–Crippen MR) is 80.7 cm³/mol. The van der Waals surface area contributed by atoms with Crippen molar-refractivity contribution in [2.24, 2.45) is 0 Å². The summed E-state index contributed by atoms with van der Waals surface area (Å²) in [6, 6.07) is 8.96. The Hall–Kier alpha value is -2.40. The zero-order chi connectivity index (χ0) is 15.0. The quantitative estimate of drug-likeness (QED) is 0.688. The fraction of sp³-hybridized carbons (Fsp3) is 0.250. The Bertz CT molecular complexity index is 717. The third-order valence-electron chi connectivity index (χ3n) is 3.54. The van der Waals surface area contributed by atoms with Gasteiger partial charge in [-0.3, -0.25) is 0 Å². The molecule has 0 bridgehead atoms. The molecule has 1 aliphatic heterocycles. The molecule has 0 amide bonds. The van der Waals surface area contributed by atoms with Gasteiger partial charge in [-0.05, 0) is 32.3 Å². The lowest BCUT2D eigenvalue weighted by molar-refractivity contribution is 0.0391. The average Bonchev–Trinajstić information content (AvgIpc) is 2.45. The van der Waals surface area contributed by atoms with Gasteiger partial charge in [-0.1, -0.05) is 12.1 Å². The molecule has 0 radical (unpaired) electrons. The lowest BCUT2D eigenvalue weighted by Gasteiger charge is -2.18.